The van der Waals surface area contributed by atoms with Gasteiger partial charge in [0.25, 0.3) is 0 Å². The maximum Gasteiger partial charge on any atom is 0.0602 e. The van der Waals surface area contributed by atoms with E-state index < -0.39 is 0 Å². The van der Waals surface area contributed by atoms with E-state index in [9.17, 15) is 4.91 Å². The summed E-state index contributed by atoms with van der Waals surface area (Å²) in [5.41, 5.74) is 0. The average molecular weight is 132 g/mol. The van der Waals surface area contributed by atoms with Crippen molar-refractivity contribution in [1.29, 1.82) is 0 Å². The minimum absolute atomic E-state index is 0.190. The van der Waals surface area contributed by atoms with Crippen LogP contribution in [0.2, 0.25) is 0 Å². The summed E-state index contributed by atoms with van der Waals surface area (Å²) in [6, 6.07) is 0. The summed E-state index contributed by atoms with van der Waals surface area (Å²) in [7, 11) is -0.190. The van der Waals surface area contributed by atoms with Gasteiger partial charge in [-0.3, -0.25) is 0 Å². The lowest BCUT2D eigenvalue weighted by Crippen LogP contribution is -1.95. The number of rotatable bonds is 3. The standard InChI is InChI=1S/C4H8N2OS/c1-8(6-5-7)4-2-3-4/h4H,1-3H2,(H,6,7). The van der Waals surface area contributed by atoms with Crippen molar-refractivity contribution in [2.45, 2.75) is 18.1 Å². The summed E-state index contributed by atoms with van der Waals surface area (Å²) >= 11 is 0. The highest BCUT2D eigenvalue weighted by Gasteiger charge is 2.23. The van der Waals surface area contributed by atoms with E-state index in [1.165, 1.54) is 12.8 Å². The Labute approximate surface area is 50.5 Å². The number of nitroso groups, excluding NO2 is 1. The molecule has 1 saturated carbocycles. The highest BCUT2D eigenvalue weighted by molar-refractivity contribution is 8.13. The van der Waals surface area contributed by atoms with Gasteiger partial charge in [0, 0.05) is 5.25 Å². The summed E-state index contributed by atoms with van der Waals surface area (Å²) in [6.07, 6.45) is 2.41. The second-order valence-corrected chi connectivity index (χ2v) is 3.52. The van der Waals surface area contributed by atoms with Crippen molar-refractivity contribution in [3.8, 4) is 0 Å². The highest BCUT2D eigenvalue weighted by Crippen LogP contribution is 2.35. The first-order chi connectivity index (χ1) is 3.84. The third-order valence-electron chi connectivity index (χ3n) is 1.08. The van der Waals surface area contributed by atoms with E-state index in [4.69, 9.17) is 0 Å². The lowest BCUT2D eigenvalue weighted by molar-refractivity contribution is 1.09. The Morgan fingerprint density at radius 2 is 2.38 bits per heavy atom. The van der Waals surface area contributed by atoms with Crippen LogP contribution in [-0.4, -0.2) is 11.1 Å². The molecule has 0 aliphatic heterocycles. The van der Waals surface area contributed by atoms with Crippen molar-refractivity contribution in [2.75, 3.05) is 0 Å². The van der Waals surface area contributed by atoms with Crippen LogP contribution in [0.15, 0.2) is 5.29 Å². The molecule has 1 unspecified atom stereocenters. The van der Waals surface area contributed by atoms with E-state index >= 15 is 0 Å². The van der Waals surface area contributed by atoms with Crippen LogP contribution in [0.4, 0.5) is 0 Å². The van der Waals surface area contributed by atoms with Gasteiger partial charge < -0.3 is 0 Å². The van der Waals surface area contributed by atoms with Crippen LogP contribution in [0, 0.1) is 4.91 Å². The molecule has 0 radical (unpaired) electrons. The summed E-state index contributed by atoms with van der Waals surface area (Å²) in [4.78, 5) is 11.9. The SMILES string of the molecule is C=S(NN=O)C1CC1. The predicted octanol–water partition coefficient (Wildman–Crippen LogP) is 1.04. The zero-order valence-corrected chi connectivity index (χ0v) is 5.28. The number of nitrogens with one attached hydrogen (secondary N) is 1. The molecule has 1 fully saturated rings. The average Bonchev–Trinajstić information content (AvgIpc) is 2.45. The molecule has 1 atom stereocenters. The molecule has 46 valence electrons. The van der Waals surface area contributed by atoms with Gasteiger partial charge in [0.05, 0.1) is 5.29 Å². The van der Waals surface area contributed by atoms with Gasteiger partial charge in [-0.1, -0.05) is 16.5 Å². The first-order valence-electron chi connectivity index (χ1n) is 2.45. The predicted molar refractivity (Wildman–Crippen MR) is 36.7 cm³/mol. The van der Waals surface area contributed by atoms with Gasteiger partial charge in [0.1, 0.15) is 0 Å². The molecule has 0 aromatic carbocycles. The van der Waals surface area contributed by atoms with Gasteiger partial charge in [-0.15, -0.1) is 4.91 Å². The van der Waals surface area contributed by atoms with Crippen LogP contribution < -0.4 is 4.83 Å². The van der Waals surface area contributed by atoms with Crippen molar-refractivity contribution < 1.29 is 0 Å². The zero-order chi connectivity index (χ0) is 5.98. The Morgan fingerprint density at radius 3 is 2.75 bits per heavy atom. The van der Waals surface area contributed by atoms with Gasteiger partial charge in [-0.05, 0) is 12.8 Å². The van der Waals surface area contributed by atoms with Crippen LogP contribution in [-0.2, 0) is 0 Å². The Balaban J connectivity index is 2.22. The summed E-state index contributed by atoms with van der Waals surface area (Å²) in [5.74, 6) is 3.71. The Kier molecular flexibility index (Phi) is 1.62. The number of hydrogen-bond donors (Lipinski definition) is 1. The van der Waals surface area contributed by atoms with Crippen LogP contribution in [0.5, 0.6) is 0 Å². The zero-order valence-electron chi connectivity index (χ0n) is 4.46. The normalized spacial score (nSPS) is 22.0. The molecule has 1 N–H and O–H groups in total. The van der Waals surface area contributed by atoms with E-state index in [1.807, 2.05) is 0 Å². The smallest absolute Gasteiger partial charge is 0.0602 e. The van der Waals surface area contributed by atoms with Gasteiger partial charge in [0.2, 0.25) is 0 Å². The topological polar surface area (TPSA) is 41.5 Å². The monoisotopic (exact) mass is 132 g/mol. The minimum Gasteiger partial charge on any atom is -0.222 e. The Hall–Kier alpha value is -0.380. The van der Waals surface area contributed by atoms with Crippen LogP contribution >= 0.6 is 10.7 Å². The van der Waals surface area contributed by atoms with Crippen molar-refractivity contribution >= 4 is 16.5 Å². The van der Waals surface area contributed by atoms with E-state index in [0.717, 1.165) is 0 Å². The Morgan fingerprint density at radius 1 is 1.75 bits per heavy atom. The molecule has 8 heavy (non-hydrogen) atoms. The summed E-state index contributed by atoms with van der Waals surface area (Å²) in [5, 5.41) is 3.18. The summed E-state index contributed by atoms with van der Waals surface area (Å²) < 4.78 is 0. The molecule has 1 rings (SSSR count). The molecule has 0 bridgehead atoms. The van der Waals surface area contributed by atoms with E-state index in [2.05, 4.69) is 16.0 Å². The molecule has 0 aromatic rings. The lowest BCUT2D eigenvalue weighted by atomic mass is 11.0. The van der Waals surface area contributed by atoms with Crippen LogP contribution in [0.1, 0.15) is 12.8 Å². The van der Waals surface area contributed by atoms with Crippen molar-refractivity contribution in [3.63, 3.8) is 0 Å². The minimum atomic E-state index is -0.190. The fourth-order valence-electron chi connectivity index (χ4n) is 0.475. The maximum atomic E-state index is 9.55. The molecule has 0 saturated heterocycles. The Bertz CT molecular complexity index is 121. The molecule has 0 aromatic heterocycles. The quantitative estimate of drug-likeness (QED) is 0.354. The molecule has 0 spiro atoms. The van der Waals surface area contributed by atoms with Gasteiger partial charge >= 0.3 is 0 Å². The largest absolute Gasteiger partial charge is 0.222 e. The molecule has 1 aliphatic rings. The number of nitrogens with zero attached hydrogens (tertiary/aromatic N) is 1. The fourth-order valence-corrected chi connectivity index (χ4v) is 1.42. The molecular formula is C4H8N2OS. The lowest BCUT2D eigenvalue weighted by Gasteiger charge is -1.96. The van der Waals surface area contributed by atoms with E-state index in [0.29, 0.717) is 5.25 Å². The van der Waals surface area contributed by atoms with Crippen molar-refractivity contribution in [2.24, 2.45) is 5.29 Å². The third-order valence-corrected chi connectivity index (χ3v) is 2.67. The highest BCUT2D eigenvalue weighted by atomic mass is 32.2. The van der Waals surface area contributed by atoms with Crippen molar-refractivity contribution in [3.05, 3.63) is 4.91 Å². The molecule has 4 heteroatoms. The van der Waals surface area contributed by atoms with Crippen molar-refractivity contribution in [1.82, 2.24) is 4.83 Å². The molecule has 3 nitrogen and oxygen atoms in total. The first kappa shape index (κ1) is 5.75. The molecular weight excluding hydrogens is 124 g/mol. The van der Waals surface area contributed by atoms with E-state index in [1.54, 1.807) is 0 Å². The number of hydrogen-bond acceptors (Lipinski definition) is 2. The maximum absolute atomic E-state index is 9.55. The first-order valence-corrected chi connectivity index (χ1v) is 3.91. The molecule has 1 aliphatic carbocycles. The molecule has 0 heterocycles. The summed E-state index contributed by atoms with van der Waals surface area (Å²) in [6.45, 7) is 0. The third kappa shape index (κ3) is 1.30. The van der Waals surface area contributed by atoms with Gasteiger partial charge in [-0.25, -0.2) is 4.83 Å². The van der Waals surface area contributed by atoms with Gasteiger partial charge in [-0.2, -0.15) is 0 Å². The van der Waals surface area contributed by atoms with Crippen LogP contribution in [0.25, 0.3) is 0 Å². The van der Waals surface area contributed by atoms with Gasteiger partial charge in [0.15, 0.2) is 0 Å². The second kappa shape index (κ2) is 2.26. The fraction of sp³-hybridized carbons (Fsp3) is 0.750. The van der Waals surface area contributed by atoms with E-state index in [-0.39, 0.29) is 10.7 Å². The van der Waals surface area contributed by atoms with Crippen LogP contribution in [0.3, 0.4) is 0 Å². The molecule has 0 amide bonds. The second-order valence-electron chi connectivity index (χ2n) is 1.81.